The van der Waals surface area contributed by atoms with Crippen LogP contribution in [0.15, 0.2) is 47.4 Å². The van der Waals surface area contributed by atoms with Crippen LogP contribution in [0.1, 0.15) is 23.6 Å². The number of thioether (sulfide) groups is 1. The van der Waals surface area contributed by atoms with Crippen molar-refractivity contribution in [1.29, 1.82) is 0 Å². The van der Waals surface area contributed by atoms with Crippen LogP contribution in [-0.4, -0.2) is 47.7 Å². The van der Waals surface area contributed by atoms with Gasteiger partial charge in [0.1, 0.15) is 12.3 Å². The summed E-state index contributed by atoms with van der Waals surface area (Å²) in [5, 5.41) is 2.26. The second kappa shape index (κ2) is 10.8. The molecule has 1 aliphatic rings. The average Bonchev–Trinajstić information content (AvgIpc) is 3.02. The van der Waals surface area contributed by atoms with Gasteiger partial charge in [0, 0.05) is 5.69 Å². The molecule has 3 rings (SSSR count). The summed E-state index contributed by atoms with van der Waals surface area (Å²) in [5.41, 5.74) is 3.52. The fraction of sp³-hybridized carbons (Fsp3) is 0.250. The van der Waals surface area contributed by atoms with Crippen LogP contribution in [0.4, 0.5) is 10.5 Å². The molecule has 33 heavy (non-hydrogen) atoms. The number of carbonyl (C=O) groups excluding carboxylic acids is 4. The largest absolute Gasteiger partial charge is 0.484 e. The molecule has 0 aliphatic carbocycles. The molecule has 0 unspecified atom stereocenters. The summed E-state index contributed by atoms with van der Waals surface area (Å²) in [7, 11) is 0. The lowest BCUT2D eigenvalue weighted by Crippen LogP contribution is -2.34. The maximum Gasteiger partial charge on any atom is 0.326 e. The van der Waals surface area contributed by atoms with E-state index >= 15 is 0 Å². The maximum atomic E-state index is 12.5. The maximum absolute atomic E-state index is 12.5. The van der Waals surface area contributed by atoms with Gasteiger partial charge in [-0.05, 0) is 79.6 Å². The molecule has 0 aromatic heterocycles. The number of anilines is 1. The van der Waals surface area contributed by atoms with Crippen molar-refractivity contribution < 1.29 is 28.7 Å². The zero-order valence-electron chi connectivity index (χ0n) is 18.5. The van der Waals surface area contributed by atoms with Gasteiger partial charge in [-0.2, -0.15) is 0 Å². The molecule has 1 N–H and O–H groups in total. The molecule has 0 atom stereocenters. The molecule has 2 aromatic rings. The highest BCUT2D eigenvalue weighted by Crippen LogP contribution is 2.32. The summed E-state index contributed by atoms with van der Waals surface area (Å²) in [6, 6.07) is 12.4. The number of amides is 3. The van der Waals surface area contributed by atoms with Gasteiger partial charge < -0.3 is 14.8 Å². The zero-order valence-corrected chi connectivity index (χ0v) is 19.4. The van der Waals surface area contributed by atoms with Crippen molar-refractivity contribution >= 4 is 46.5 Å². The molecular weight excluding hydrogens is 444 g/mol. The van der Waals surface area contributed by atoms with E-state index in [4.69, 9.17) is 9.47 Å². The van der Waals surface area contributed by atoms with Gasteiger partial charge in [0.05, 0.1) is 11.5 Å². The molecule has 9 heteroatoms. The van der Waals surface area contributed by atoms with Gasteiger partial charge in [0.15, 0.2) is 6.61 Å². The number of carbonyl (C=O) groups is 4. The van der Waals surface area contributed by atoms with Crippen molar-refractivity contribution in [3.05, 3.63) is 64.1 Å². The molecule has 2 aromatic carbocycles. The van der Waals surface area contributed by atoms with E-state index in [0.717, 1.165) is 27.8 Å². The topological polar surface area (TPSA) is 102 Å². The average molecular weight is 469 g/mol. The Kier molecular flexibility index (Phi) is 7.89. The third-order valence-electron chi connectivity index (χ3n) is 4.78. The summed E-state index contributed by atoms with van der Waals surface area (Å²) >= 11 is 0.750. The molecule has 0 saturated carbocycles. The van der Waals surface area contributed by atoms with Gasteiger partial charge in [-0.15, -0.1) is 0 Å². The monoisotopic (exact) mass is 468 g/mol. The van der Waals surface area contributed by atoms with E-state index < -0.39 is 23.7 Å². The highest BCUT2D eigenvalue weighted by Gasteiger charge is 2.36. The normalized spacial score (nSPS) is 14.5. The molecule has 3 amide bonds. The van der Waals surface area contributed by atoms with E-state index in [9.17, 15) is 19.2 Å². The summed E-state index contributed by atoms with van der Waals surface area (Å²) < 4.78 is 10.4. The van der Waals surface area contributed by atoms with Gasteiger partial charge in [-0.25, -0.2) is 0 Å². The van der Waals surface area contributed by atoms with Crippen molar-refractivity contribution in [1.82, 2.24) is 4.90 Å². The molecule has 0 bridgehead atoms. The van der Waals surface area contributed by atoms with Crippen molar-refractivity contribution in [2.24, 2.45) is 0 Å². The number of hydrogen-bond donors (Lipinski definition) is 1. The molecule has 1 aliphatic heterocycles. The lowest BCUT2D eigenvalue weighted by molar-refractivity contribution is -0.146. The SMILES string of the molecule is CCOC(=O)CN1C(=O)S/C(=C/c2cccc(OCC(=O)Nc3ccc(C)c(C)c3)c2)C1=O. The Morgan fingerprint density at radius 2 is 1.88 bits per heavy atom. The molecule has 1 saturated heterocycles. The van der Waals surface area contributed by atoms with E-state index in [1.54, 1.807) is 31.2 Å². The van der Waals surface area contributed by atoms with Gasteiger partial charge in [-0.3, -0.25) is 24.1 Å². The molecule has 0 radical (unpaired) electrons. The number of rotatable bonds is 8. The van der Waals surface area contributed by atoms with Crippen molar-refractivity contribution in [3.63, 3.8) is 0 Å². The Morgan fingerprint density at radius 1 is 1.09 bits per heavy atom. The fourth-order valence-corrected chi connectivity index (χ4v) is 3.82. The summed E-state index contributed by atoms with van der Waals surface area (Å²) in [5.74, 6) is -1.07. The van der Waals surface area contributed by atoms with Crippen LogP contribution in [-0.2, 0) is 19.1 Å². The van der Waals surface area contributed by atoms with Gasteiger partial charge in [-0.1, -0.05) is 18.2 Å². The lowest BCUT2D eigenvalue weighted by atomic mass is 10.1. The minimum absolute atomic E-state index is 0.167. The second-order valence-electron chi connectivity index (χ2n) is 7.28. The first-order valence-electron chi connectivity index (χ1n) is 10.3. The van der Waals surface area contributed by atoms with Crippen LogP contribution < -0.4 is 10.1 Å². The van der Waals surface area contributed by atoms with Gasteiger partial charge in [0.25, 0.3) is 17.1 Å². The first-order valence-corrected chi connectivity index (χ1v) is 11.1. The molecule has 1 fully saturated rings. The van der Waals surface area contributed by atoms with Gasteiger partial charge >= 0.3 is 5.97 Å². The summed E-state index contributed by atoms with van der Waals surface area (Å²) in [4.78, 5) is 49.5. The smallest absolute Gasteiger partial charge is 0.326 e. The number of nitrogens with one attached hydrogen (secondary N) is 1. The predicted octanol–water partition coefficient (Wildman–Crippen LogP) is 3.92. The van der Waals surface area contributed by atoms with Crippen molar-refractivity contribution in [2.75, 3.05) is 25.1 Å². The zero-order chi connectivity index (χ0) is 24.0. The highest BCUT2D eigenvalue weighted by molar-refractivity contribution is 8.18. The minimum atomic E-state index is -0.643. The lowest BCUT2D eigenvalue weighted by Gasteiger charge is -2.11. The summed E-state index contributed by atoms with van der Waals surface area (Å²) in [6.07, 6.45) is 1.54. The number of ether oxygens (including phenoxy) is 2. The first-order chi connectivity index (χ1) is 15.8. The molecule has 0 spiro atoms. The number of esters is 1. The van der Waals surface area contributed by atoms with Crippen LogP contribution in [0.5, 0.6) is 5.75 Å². The van der Waals surface area contributed by atoms with E-state index in [1.165, 1.54) is 6.08 Å². The Morgan fingerprint density at radius 3 is 2.61 bits per heavy atom. The molecule has 8 nitrogen and oxygen atoms in total. The second-order valence-corrected chi connectivity index (χ2v) is 8.27. The van der Waals surface area contributed by atoms with Gasteiger partial charge in [0.2, 0.25) is 0 Å². The van der Waals surface area contributed by atoms with Crippen LogP contribution in [0.2, 0.25) is 0 Å². The molecule has 172 valence electrons. The van der Waals surface area contributed by atoms with Crippen LogP contribution >= 0.6 is 11.8 Å². The van der Waals surface area contributed by atoms with Crippen molar-refractivity contribution in [2.45, 2.75) is 20.8 Å². The number of imide groups is 1. The van der Waals surface area contributed by atoms with E-state index in [0.29, 0.717) is 17.0 Å². The van der Waals surface area contributed by atoms with Crippen molar-refractivity contribution in [3.8, 4) is 5.75 Å². The first kappa shape index (κ1) is 24.1. The Balaban J connectivity index is 1.61. The number of aryl methyl sites for hydroxylation is 2. The number of hydrogen-bond acceptors (Lipinski definition) is 7. The van der Waals surface area contributed by atoms with Crippen LogP contribution in [0.25, 0.3) is 6.08 Å². The van der Waals surface area contributed by atoms with Crippen LogP contribution in [0.3, 0.4) is 0 Å². The number of nitrogens with zero attached hydrogens (tertiary/aromatic N) is 1. The molecule has 1 heterocycles. The fourth-order valence-electron chi connectivity index (χ4n) is 2.98. The van der Waals surface area contributed by atoms with E-state index in [2.05, 4.69) is 5.32 Å². The summed E-state index contributed by atoms with van der Waals surface area (Å²) in [6.45, 7) is 5.17. The Hall–Kier alpha value is -3.59. The molecular formula is C24H24N2O6S. The highest BCUT2D eigenvalue weighted by atomic mass is 32.2. The Labute approximate surface area is 195 Å². The van der Waals surface area contributed by atoms with Crippen LogP contribution in [0, 0.1) is 13.8 Å². The van der Waals surface area contributed by atoms with E-state index in [1.807, 2.05) is 32.0 Å². The number of benzene rings is 2. The third-order valence-corrected chi connectivity index (χ3v) is 5.69. The van der Waals surface area contributed by atoms with E-state index in [-0.39, 0.29) is 24.0 Å². The third kappa shape index (κ3) is 6.45. The Bertz CT molecular complexity index is 1130. The quantitative estimate of drug-likeness (QED) is 0.463. The predicted molar refractivity (Wildman–Crippen MR) is 126 cm³/mol. The standard InChI is InChI=1S/C24H24N2O6S/c1-4-31-22(28)13-26-23(29)20(33-24(26)30)12-17-6-5-7-19(11-17)32-14-21(27)25-18-9-8-15(2)16(3)10-18/h5-12H,4,13-14H2,1-3H3,(H,25,27)/b20-12+. The minimum Gasteiger partial charge on any atom is -0.484 e.